The Bertz CT molecular complexity index is 628. The van der Waals surface area contributed by atoms with Crippen LogP contribution in [0.3, 0.4) is 0 Å². The molecule has 1 saturated carbocycles. The first-order chi connectivity index (χ1) is 10.6. The third kappa shape index (κ3) is 3.30. The molecule has 0 radical (unpaired) electrons. The molecule has 0 aliphatic heterocycles. The van der Waals surface area contributed by atoms with E-state index in [0.29, 0.717) is 12.5 Å². The Kier molecular flexibility index (Phi) is 4.13. The number of nitrogens with one attached hydrogen (secondary N) is 2. The van der Waals surface area contributed by atoms with Gasteiger partial charge in [-0.15, -0.1) is 0 Å². The molecule has 5 heteroatoms. The number of rotatable bonds is 5. The van der Waals surface area contributed by atoms with Gasteiger partial charge in [-0.3, -0.25) is 0 Å². The standard InChI is InChI=1S/C17H21N3O2/c1-11-15(12(2)22-20-11)10-18-17(21)19-16(14-8-9-14)13-6-4-3-5-7-13/h3-7,14,16H,8-10H2,1-2H3,(H2,18,19,21)/t16-/m1/s1. The van der Waals surface area contributed by atoms with E-state index in [1.54, 1.807) is 0 Å². The number of aromatic nitrogens is 1. The topological polar surface area (TPSA) is 67.2 Å². The summed E-state index contributed by atoms with van der Waals surface area (Å²) in [5.41, 5.74) is 2.93. The highest BCUT2D eigenvalue weighted by molar-refractivity contribution is 5.74. The van der Waals surface area contributed by atoms with Gasteiger partial charge in [-0.2, -0.15) is 0 Å². The monoisotopic (exact) mass is 299 g/mol. The second kappa shape index (κ2) is 6.22. The third-order valence-electron chi connectivity index (χ3n) is 4.15. The fraction of sp³-hybridized carbons (Fsp3) is 0.412. The van der Waals surface area contributed by atoms with Crippen LogP contribution in [0.15, 0.2) is 34.9 Å². The van der Waals surface area contributed by atoms with Gasteiger partial charge in [0.1, 0.15) is 5.76 Å². The number of aryl methyl sites for hydroxylation is 2. The number of carbonyl (C=O) groups excluding carboxylic acids is 1. The predicted molar refractivity (Wildman–Crippen MR) is 83.3 cm³/mol. The molecule has 0 spiro atoms. The number of benzene rings is 1. The van der Waals surface area contributed by atoms with Gasteiger partial charge in [-0.05, 0) is 38.2 Å². The highest BCUT2D eigenvalue weighted by atomic mass is 16.5. The van der Waals surface area contributed by atoms with Gasteiger partial charge in [0.05, 0.1) is 11.7 Å². The fourth-order valence-electron chi connectivity index (χ4n) is 2.68. The van der Waals surface area contributed by atoms with Crippen LogP contribution in [0.2, 0.25) is 0 Å². The molecular weight excluding hydrogens is 278 g/mol. The summed E-state index contributed by atoms with van der Waals surface area (Å²) >= 11 is 0. The smallest absolute Gasteiger partial charge is 0.315 e. The zero-order chi connectivity index (χ0) is 15.5. The molecule has 2 amide bonds. The van der Waals surface area contributed by atoms with Crippen molar-refractivity contribution in [3.63, 3.8) is 0 Å². The molecule has 2 N–H and O–H groups in total. The highest BCUT2D eigenvalue weighted by Crippen LogP contribution is 2.40. The largest absolute Gasteiger partial charge is 0.361 e. The van der Waals surface area contributed by atoms with Gasteiger partial charge in [-0.1, -0.05) is 35.5 Å². The van der Waals surface area contributed by atoms with Gasteiger partial charge in [0.15, 0.2) is 0 Å². The van der Waals surface area contributed by atoms with Crippen molar-refractivity contribution >= 4 is 6.03 Å². The summed E-state index contributed by atoms with van der Waals surface area (Å²) in [6, 6.07) is 10.1. The van der Waals surface area contributed by atoms with E-state index in [2.05, 4.69) is 27.9 Å². The van der Waals surface area contributed by atoms with Gasteiger partial charge < -0.3 is 15.2 Å². The summed E-state index contributed by atoms with van der Waals surface area (Å²) in [5, 5.41) is 9.89. The summed E-state index contributed by atoms with van der Waals surface area (Å²) in [5.74, 6) is 1.30. The van der Waals surface area contributed by atoms with Crippen LogP contribution in [0, 0.1) is 19.8 Å². The van der Waals surface area contributed by atoms with Crippen LogP contribution in [0.5, 0.6) is 0 Å². The molecule has 0 saturated heterocycles. The predicted octanol–water partition coefficient (Wildman–Crippen LogP) is 3.24. The SMILES string of the molecule is Cc1noc(C)c1CNC(=O)N[C@H](c1ccccc1)C1CC1. The average molecular weight is 299 g/mol. The first kappa shape index (κ1) is 14.6. The quantitative estimate of drug-likeness (QED) is 0.890. The molecule has 22 heavy (non-hydrogen) atoms. The van der Waals surface area contributed by atoms with Gasteiger partial charge in [0.25, 0.3) is 0 Å². The first-order valence-corrected chi connectivity index (χ1v) is 7.66. The lowest BCUT2D eigenvalue weighted by Gasteiger charge is -2.19. The molecular formula is C17H21N3O2. The third-order valence-corrected chi connectivity index (χ3v) is 4.15. The Hall–Kier alpha value is -2.30. The van der Waals surface area contributed by atoms with Gasteiger partial charge in [0.2, 0.25) is 0 Å². The maximum Gasteiger partial charge on any atom is 0.315 e. The van der Waals surface area contributed by atoms with Gasteiger partial charge in [-0.25, -0.2) is 4.79 Å². The van der Waals surface area contributed by atoms with E-state index in [0.717, 1.165) is 22.6 Å². The van der Waals surface area contributed by atoms with Crippen LogP contribution in [0.25, 0.3) is 0 Å². The Morgan fingerprint density at radius 2 is 2.05 bits per heavy atom. The van der Waals surface area contributed by atoms with E-state index in [4.69, 9.17) is 4.52 Å². The Morgan fingerprint density at radius 1 is 1.32 bits per heavy atom. The molecule has 2 aromatic rings. The maximum atomic E-state index is 12.2. The van der Waals surface area contributed by atoms with E-state index < -0.39 is 0 Å². The molecule has 116 valence electrons. The highest BCUT2D eigenvalue weighted by Gasteiger charge is 2.33. The summed E-state index contributed by atoms with van der Waals surface area (Å²) in [6.45, 7) is 4.16. The zero-order valence-corrected chi connectivity index (χ0v) is 12.9. The van der Waals surface area contributed by atoms with Crippen molar-refractivity contribution in [3.05, 3.63) is 52.9 Å². The van der Waals surface area contributed by atoms with E-state index in [9.17, 15) is 4.79 Å². The summed E-state index contributed by atoms with van der Waals surface area (Å²) in [6.07, 6.45) is 2.34. The molecule has 3 rings (SSSR count). The van der Waals surface area contributed by atoms with E-state index >= 15 is 0 Å². The second-order valence-electron chi connectivity index (χ2n) is 5.86. The molecule has 1 fully saturated rings. The lowest BCUT2D eigenvalue weighted by Crippen LogP contribution is -2.38. The van der Waals surface area contributed by atoms with Crippen LogP contribution in [-0.4, -0.2) is 11.2 Å². The lowest BCUT2D eigenvalue weighted by atomic mass is 10.0. The van der Waals surface area contributed by atoms with Gasteiger partial charge in [0, 0.05) is 12.1 Å². The van der Waals surface area contributed by atoms with E-state index in [-0.39, 0.29) is 12.1 Å². The molecule has 1 aliphatic carbocycles. The minimum atomic E-state index is -0.152. The van der Waals surface area contributed by atoms with Crippen molar-refractivity contribution < 1.29 is 9.32 Å². The normalized spacial score (nSPS) is 15.4. The first-order valence-electron chi connectivity index (χ1n) is 7.66. The van der Waals surface area contributed by atoms with Crippen LogP contribution >= 0.6 is 0 Å². The lowest BCUT2D eigenvalue weighted by molar-refractivity contribution is 0.235. The molecule has 1 atom stereocenters. The molecule has 1 heterocycles. The molecule has 0 bridgehead atoms. The van der Waals surface area contributed by atoms with E-state index in [1.807, 2.05) is 32.0 Å². The number of hydrogen-bond acceptors (Lipinski definition) is 3. The van der Waals surface area contributed by atoms with Crippen LogP contribution in [0.1, 0.15) is 41.5 Å². The molecule has 1 aromatic carbocycles. The number of carbonyl (C=O) groups is 1. The molecule has 1 aliphatic rings. The van der Waals surface area contributed by atoms with Crippen LogP contribution in [0.4, 0.5) is 4.79 Å². The number of nitrogens with zero attached hydrogens (tertiary/aromatic N) is 1. The Labute approximate surface area is 130 Å². The van der Waals surface area contributed by atoms with Crippen LogP contribution < -0.4 is 10.6 Å². The zero-order valence-electron chi connectivity index (χ0n) is 12.9. The molecule has 1 aromatic heterocycles. The molecule has 0 unspecified atom stereocenters. The Balaban J connectivity index is 1.60. The number of hydrogen-bond donors (Lipinski definition) is 2. The summed E-state index contributed by atoms with van der Waals surface area (Å²) in [4.78, 5) is 12.2. The molecule has 5 nitrogen and oxygen atoms in total. The fourth-order valence-corrected chi connectivity index (χ4v) is 2.68. The van der Waals surface area contributed by atoms with Crippen LogP contribution in [-0.2, 0) is 6.54 Å². The Morgan fingerprint density at radius 3 is 2.64 bits per heavy atom. The summed E-state index contributed by atoms with van der Waals surface area (Å²) in [7, 11) is 0. The second-order valence-corrected chi connectivity index (χ2v) is 5.86. The minimum absolute atomic E-state index is 0.0888. The van der Waals surface area contributed by atoms with Crippen molar-refractivity contribution in [2.24, 2.45) is 5.92 Å². The van der Waals surface area contributed by atoms with E-state index in [1.165, 1.54) is 12.8 Å². The van der Waals surface area contributed by atoms with Crippen molar-refractivity contribution in [2.75, 3.05) is 0 Å². The van der Waals surface area contributed by atoms with Crippen molar-refractivity contribution in [1.82, 2.24) is 15.8 Å². The number of amides is 2. The maximum absolute atomic E-state index is 12.2. The van der Waals surface area contributed by atoms with Crippen molar-refractivity contribution in [1.29, 1.82) is 0 Å². The average Bonchev–Trinajstić information content (AvgIpc) is 3.31. The summed E-state index contributed by atoms with van der Waals surface area (Å²) < 4.78 is 5.10. The minimum Gasteiger partial charge on any atom is -0.361 e. The van der Waals surface area contributed by atoms with Gasteiger partial charge >= 0.3 is 6.03 Å². The van der Waals surface area contributed by atoms with Crippen molar-refractivity contribution in [3.8, 4) is 0 Å². The number of urea groups is 1. The van der Waals surface area contributed by atoms with Crippen molar-refractivity contribution in [2.45, 2.75) is 39.3 Å².